The molecule has 0 amide bonds. The molecule has 0 fully saturated rings. The molecule has 0 spiro atoms. The van der Waals surface area contributed by atoms with Gasteiger partial charge in [-0.05, 0) is 26.3 Å². The van der Waals surface area contributed by atoms with Crippen LogP contribution in [-0.2, 0) is 0 Å². The Balaban J connectivity index is 3.78. The summed E-state index contributed by atoms with van der Waals surface area (Å²) in [5, 5.41) is 0. The van der Waals surface area contributed by atoms with Gasteiger partial charge in [0.05, 0.1) is 5.70 Å². The summed E-state index contributed by atoms with van der Waals surface area (Å²) in [6.07, 6.45) is 6.36. The van der Waals surface area contributed by atoms with Crippen molar-refractivity contribution in [1.29, 1.82) is 0 Å². The van der Waals surface area contributed by atoms with E-state index < -0.39 is 0 Å². The van der Waals surface area contributed by atoms with Crippen LogP contribution in [0.5, 0.6) is 0 Å². The van der Waals surface area contributed by atoms with E-state index in [1.807, 2.05) is 19.9 Å². The molecule has 0 N–H and O–H groups in total. The lowest BCUT2D eigenvalue weighted by molar-refractivity contribution is 0.957. The first-order chi connectivity index (χ1) is 5.16. The number of unbranched alkanes of at least 4 members (excludes halogenated alkanes) is 1. The SMILES string of the molecule is C=C(/C=C/CCC)N=C(C)C. The van der Waals surface area contributed by atoms with Gasteiger partial charge in [0.25, 0.3) is 0 Å². The van der Waals surface area contributed by atoms with Crippen LogP contribution in [0.15, 0.2) is 29.4 Å². The monoisotopic (exact) mass is 151 g/mol. The van der Waals surface area contributed by atoms with Gasteiger partial charge in [0, 0.05) is 5.71 Å². The summed E-state index contributed by atoms with van der Waals surface area (Å²) in [5.74, 6) is 0. The highest BCUT2D eigenvalue weighted by Crippen LogP contribution is 1.98. The fraction of sp³-hybridized carbons (Fsp3) is 0.500. The Bertz CT molecular complexity index is 171. The van der Waals surface area contributed by atoms with Crippen molar-refractivity contribution >= 4 is 5.71 Å². The Kier molecular flexibility index (Phi) is 5.44. The first-order valence-electron chi connectivity index (χ1n) is 4.04. The molecule has 11 heavy (non-hydrogen) atoms. The van der Waals surface area contributed by atoms with Crippen LogP contribution in [0, 0.1) is 0 Å². The lowest BCUT2D eigenvalue weighted by Crippen LogP contribution is -1.80. The second-order valence-electron chi connectivity index (χ2n) is 2.74. The van der Waals surface area contributed by atoms with Gasteiger partial charge < -0.3 is 0 Å². The average molecular weight is 151 g/mol. The van der Waals surface area contributed by atoms with Crippen LogP contribution < -0.4 is 0 Å². The van der Waals surface area contributed by atoms with Crippen molar-refractivity contribution in [2.75, 3.05) is 0 Å². The van der Waals surface area contributed by atoms with Crippen molar-refractivity contribution < 1.29 is 0 Å². The van der Waals surface area contributed by atoms with E-state index in [9.17, 15) is 0 Å². The van der Waals surface area contributed by atoms with Crippen LogP contribution in [-0.4, -0.2) is 5.71 Å². The van der Waals surface area contributed by atoms with Crippen LogP contribution >= 0.6 is 0 Å². The van der Waals surface area contributed by atoms with E-state index in [2.05, 4.69) is 24.6 Å². The van der Waals surface area contributed by atoms with Crippen molar-refractivity contribution in [3.05, 3.63) is 24.4 Å². The minimum Gasteiger partial charge on any atom is -0.259 e. The zero-order chi connectivity index (χ0) is 8.69. The highest BCUT2D eigenvalue weighted by Gasteiger charge is 1.81. The summed E-state index contributed by atoms with van der Waals surface area (Å²) in [6, 6.07) is 0. The zero-order valence-electron chi connectivity index (χ0n) is 7.72. The number of rotatable bonds is 4. The summed E-state index contributed by atoms with van der Waals surface area (Å²) in [5.41, 5.74) is 1.90. The second kappa shape index (κ2) is 5.90. The van der Waals surface area contributed by atoms with Gasteiger partial charge in [-0.3, -0.25) is 4.99 Å². The molecule has 0 saturated heterocycles. The topological polar surface area (TPSA) is 12.4 Å². The third-order valence-corrected chi connectivity index (χ3v) is 1.13. The van der Waals surface area contributed by atoms with Gasteiger partial charge in [-0.25, -0.2) is 0 Å². The molecule has 0 unspecified atom stereocenters. The normalized spacial score (nSPS) is 10.1. The molecule has 0 aliphatic rings. The highest BCUT2D eigenvalue weighted by atomic mass is 14.7. The first kappa shape index (κ1) is 10.2. The first-order valence-corrected chi connectivity index (χ1v) is 4.04. The molecule has 0 atom stereocenters. The molecule has 0 aromatic rings. The maximum absolute atomic E-state index is 4.18. The van der Waals surface area contributed by atoms with E-state index in [0.717, 1.165) is 17.8 Å². The quantitative estimate of drug-likeness (QED) is 0.431. The van der Waals surface area contributed by atoms with Crippen LogP contribution in [0.3, 0.4) is 0 Å². The summed E-state index contributed by atoms with van der Waals surface area (Å²) in [4.78, 5) is 4.18. The van der Waals surface area contributed by atoms with Crippen LogP contribution in [0.1, 0.15) is 33.6 Å². The fourth-order valence-electron chi connectivity index (χ4n) is 0.711. The Morgan fingerprint density at radius 1 is 1.45 bits per heavy atom. The number of hydrogen-bond donors (Lipinski definition) is 0. The molecule has 0 saturated carbocycles. The third kappa shape index (κ3) is 7.04. The standard InChI is InChI=1S/C10H17N/c1-5-6-7-8-10(4)11-9(2)3/h7-8H,4-6H2,1-3H3/b8-7+. The second-order valence-corrected chi connectivity index (χ2v) is 2.74. The van der Waals surface area contributed by atoms with Crippen molar-refractivity contribution in [2.45, 2.75) is 33.6 Å². The molecule has 0 aliphatic carbocycles. The highest BCUT2D eigenvalue weighted by molar-refractivity contribution is 5.80. The van der Waals surface area contributed by atoms with Crippen molar-refractivity contribution in [3.63, 3.8) is 0 Å². The Labute approximate surface area is 69.5 Å². The van der Waals surface area contributed by atoms with Gasteiger partial charge >= 0.3 is 0 Å². The van der Waals surface area contributed by atoms with E-state index >= 15 is 0 Å². The maximum Gasteiger partial charge on any atom is 0.0553 e. The summed E-state index contributed by atoms with van der Waals surface area (Å²) < 4.78 is 0. The minimum absolute atomic E-state index is 0.846. The van der Waals surface area contributed by atoms with E-state index in [-0.39, 0.29) is 0 Å². The molecule has 0 rings (SSSR count). The Morgan fingerprint density at radius 2 is 2.09 bits per heavy atom. The van der Waals surface area contributed by atoms with E-state index in [0.29, 0.717) is 0 Å². The molecular weight excluding hydrogens is 134 g/mol. The van der Waals surface area contributed by atoms with Gasteiger partial charge in [-0.2, -0.15) is 0 Å². The molecular formula is C10H17N. The summed E-state index contributed by atoms with van der Waals surface area (Å²) in [7, 11) is 0. The largest absolute Gasteiger partial charge is 0.259 e. The van der Waals surface area contributed by atoms with Gasteiger partial charge in [0.15, 0.2) is 0 Å². The number of allylic oxidation sites excluding steroid dienone is 2. The van der Waals surface area contributed by atoms with E-state index in [4.69, 9.17) is 0 Å². The molecule has 0 aliphatic heterocycles. The molecule has 0 aromatic carbocycles. The Hall–Kier alpha value is -0.850. The predicted molar refractivity (Wildman–Crippen MR) is 52.0 cm³/mol. The van der Waals surface area contributed by atoms with Gasteiger partial charge in [-0.15, -0.1) is 0 Å². The van der Waals surface area contributed by atoms with Crippen LogP contribution in [0.25, 0.3) is 0 Å². The fourth-order valence-corrected chi connectivity index (χ4v) is 0.711. The van der Waals surface area contributed by atoms with E-state index in [1.54, 1.807) is 0 Å². The average Bonchev–Trinajstić information content (AvgIpc) is 1.86. The maximum atomic E-state index is 4.18. The molecule has 0 heterocycles. The molecule has 0 radical (unpaired) electrons. The minimum atomic E-state index is 0.846. The zero-order valence-corrected chi connectivity index (χ0v) is 7.72. The van der Waals surface area contributed by atoms with Crippen LogP contribution in [0.4, 0.5) is 0 Å². The summed E-state index contributed by atoms with van der Waals surface area (Å²) in [6.45, 7) is 9.89. The molecule has 1 heteroatoms. The molecule has 0 aromatic heterocycles. The summed E-state index contributed by atoms with van der Waals surface area (Å²) >= 11 is 0. The number of hydrogen-bond acceptors (Lipinski definition) is 1. The van der Waals surface area contributed by atoms with Crippen molar-refractivity contribution in [3.8, 4) is 0 Å². The Morgan fingerprint density at radius 3 is 2.55 bits per heavy atom. The molecule has 1 nitrogen and oxygen atoms in total. The predicted octanol–water partition coefficient (Wildman–Crippen LogP) is 3.34. The smallest absolute Gasteiger partial charge is 0.0553 e. The van der Waals surface area contributed by atoms with Gasteiger partial charge in [0.2, 0.25) is 0 Å². The number of nitrogens with zero attached hydrogens (tertiary/aromatic N) is 1. The molecule has 0 bridgehead atoms. The van der Waals surface area contributed by atoms with Gasteiger partial charge in [-0.1, -0.05) is 26.0 Å². The van der Waals surface area contributed by atoms with Crippen LogP contribution in [0.2, 0.25) is 0 Å². The molecule has 62 valence electrons. The number of aliphatic imine (C=N–C) groups is 1. The lowest BCUT2D eigenvalue weighted by Gasteiger charge is -1.91. The lowest BCUT2D eigenvalue weighted by atomic mass is 10.3. The third-order valence-electron chi connectivity index (χ3n) is 1.13. The van der Waals surface area contributed by atoms with Crippen molar-refractivity contribution in [1.82, 2.24) is 0 Å². The van der Waals surface area contributed by atoms with Gasteiger partial charge in [0.1, 0.15) is 0 Å². The van der Waals surface area contributed by atoms with Crippen molar-refractivity contribution in [2.24, 2.45) is 4.99 Å². The van der Waals surface area contributed by atoms with E-state index in [1.165, 1.54) is 6.42 Å².